The maximum Gasteiger partial charge on any atom is 0.164 e. The van der Waals surface area contributed by atoms with E-state index in [1.165, 1.54) is 16.3 Å². The average Bonchev–Trinajstić information content (AvgIpc) is 3.99. The SMILES string of the molecule is C1=Cc2oc3ccccc3c2C(c2cc(-c3nc(-c4ccc5ccc6ccccc6c5c4)nc(-c4ccc5oc6ccccc6c5c4)n3)c3c(c2)oc2ccccc23)C1. The third kappa shape index (κ3) is 4.96. The smallest absolute Gasteiger partial charge is 0.164 e. The summed E-state index contributed by atoms with van der Waals surface area (Å²) < 4.78 is 19.3. The third-order valence-corrected chi connectivity index (χ3v) is 12.1. The molecule has 0 N–H and O–H groups in total. The number of rotatable bonds is 4. The Balaban J connectivity index is 1.09. The van der Waals surface area contributed by atoms with Gasteiger partial charge in [0.1, 0.15) is 33.7 Å². The average molecular weight is 758 g/mol. The van der Waals surface area contributed by atoms with Crippen molar-refractivity contribution in [2.24, 2.45) is 0 Å². The van der Waals surface area contributed by atoms with E-state index >= 15 is 0 Å². The zero-order valence-electron chi connectivity index (χ0n) is 31.5. The molecule has 59 heavy (non-hydrogen) atoms. The number of hydrogen-bond donors (Lipinski definition) is 0. The van der Waals surface area contributed by atoms with E-state index in [0.29, 0.717) is 17.5 Å². The van der Waals surface area contributed by atoms with Gasteiger partial charge in [-0.3, -0.25) is 0 Å². The molecule has 1 aliphatic rings. The molecule has 8 aromatic carbocycles. The van der Waals surface area contributed by atoms with Gasteiger partial charge in [-0.05, 0) is 94.2 Å². The van der Waals surface area contributed by atoms with Crippen LogP contribution in [0.2, 0.25) is 0 Å². The van der Waals surface area contributed by atoms with E-state index < -0.39 is 0 Å². The first-order valence-electron chi connectivity index (χ1n) is 19.9. The molecule has 4 aromatic heterocycles. The molecule has 276 valence electrons. The van der Waals surface area contributed by atoms with Gasteiger partial charge in [0.05, 0.1) is 0 Å². The lowest BCUT2D eigenvalue weighted by atomic mass is 9.82. The second kappa shape index (κ2) is 12.3. The van der Waals surface area contributed by atoms with E-state index in [4.69, 9.17) is 28.2 Å². The summed E-state index contributed by atoms with van der Waals surface area (Å²) in [7, 11) is 0. The number of hydrogen-bond acceptors (Lipinski definition) is 6. The highest BCUT2D eigenvalue weighted by atomic mass is 16.3. The molecule has 0 spiro atoms. The van der Waals surface area contributed by atoms with Gasteiger partial charge >= 0.3 is 0 Å². The van der Waals surface area contributed by atoms with Crippen molar-refractivity contribution >= 4 is 82.5 Å². The van der Waals surface area contributed by atoms with E-state index in [2.05, 4.69) is 115 Å². The molecule has 0 bridgehead atoms. The van der Waals surface area contributed by atoms with Gasteiger partial charge in [0.25, 0.3) is 0 Å². The fourth-order valence-corrected chi connectivity index (χ4v) is 9.31. The Labute approximate surface area is 336 Å². The molecule has 4 heterocycles. The molecular formula is C53H31N3O3. The van der Waals surface area contributed by atoms with Gasteiger partial charge in [-0.1, -0.05) is 109 Å². The highest BCUT2D eigenvalue weighted by Gasteiger charge is 2.28. The molecule has 0 saturated heterocycles. The number of fused-ring (bicyclic) bond motifs is 12. The van der Waals surface area contributed by atoms with Crippen molar-refractivity contribution in [2.75, 3.05) is 0 Å². The van der Waals surface area contributed by atoms with E-state index in [0.717, 1.165) is 100 Å². The Morgan fingerprint density at radius 3 is 1.81 bits per heavy atom. The van der Waals surface area contributed by atoms with Crippen molar-refractivity contribution in [3.63, 3.8) is 0 Å². The first kappa shape index (κ1) is 32.3. The zero-order valence-corrected chi connectivity index (χ0v) is 31.5. The van der Waals surface area contributed by atoms with Crippen molar-refractivity contribution in [1.82, 2.24) is 15.0 Å². The summed E-state index contributed by atoms with van der Waals surface area (Å²) in [6, 6.07) is 54.7. The van der Waals surface area contributed by atoms with Crippen LogP contribution in [0.3, 0.4) is 0 Å². The van der Waals surface area contributed by atoms with E-state index in [-0.39, 0.29) is 5.92 Å². The van der Waals surface area contributed by atoms with Gasteiger partial charge in [0, 0.05) is 55.1 Å². The van der Waals surface area contributed by atoms with Crippen molar-refractivity contribution in [3.8, 4) is 34.2 Å². The minimum absolute atomic E-state index is 0.0290. The van der Waals surface area contributed by atoms with Crippen LogP contribution >= 0.6 is 0 Å². The standard InChI is InChI=1S/C53H31N3O3/c1-2-11-35-30(10-1)20-21-31-22-23-32(26-40(31)35)51-54-52(33-24-25-46-41(27-33)37-12-3-6-16-43(37)57-46)56-53(55-51)42-28-34(29-48-50(42)39-14-5-8-18-45(39)59-48)36-15-9-19-47-49(36)38-13-4-7-17-44(38)58-47/h1-14,16-29,36H,15H2. The first-order chi connectivity index (χ1) is 29.2. The second-order valence-corrected chi connectivity index (χ2v) is 15.4. The van der Waals surface area contributed by atoms with Crippen LogP contribution < -0.4 is 0 Å². The van der Waals surface area contributed by atoms with E-state index in [1.54, 1.807) is 0 Å². The molecule has 1 unspecified atom stereocenters. The molecule has 0 saturated carbocycles. The number of para-hydroxylation sites is 3. The Morgan fingerprint density at radius 1 is 0.424 bits per heavy atom. The fraction of sp³-hybridized carbons (Fsp3) is 0.0377. The molecule has 1 aliphatic carbocycles. The summed E-state index contributed by atoms with van der Waals surface area (Å²) >= 11 is 0. The van der Waals surface area contributed by atoms with Crippen LogP contribution in [-0.4, -0.2) is 15.0 Å². The van der Waals surface area contributed by atoms with Crippen LogP contribution in [0.15, 0.2) is 177 Å². The van der Waals surface area contributed by atoms with Crippen molar-refractivity contribution in [3.05, 3.63) is 181 Å². The monoisotopic (exact) mass is 757 g/mol. The molecular weight excluding hydrogens is 727 g/mol. The van der Waals surface area contributed by atoms with Crippen molar-refractivity contribution < 1.29 is 13.3 Å². The summed E-state index contributed by atoms with van der Waals surface area (Å²) in [5, 5.41) is 9.84. The summed E-state index contributed by atoms with van der Waals surface area (Å²) in [4.78, 5) is 16.0. The predicted molar refractivity (Wildman–Crippen MR) is 237 cm³/mol. The number of aromatic nitrogens is 3. The van der Waals surface area contributed by atoms with Crippen LogP contribution in [0.1, 0.15) is 29.2 Å². The minimum Gasteiger partial charge on any atom is -0.456 e. The highest BCUT2D eigenvalue weighted by Crippen LogP contribution is 2.45. The van der Waals surface area contributed by atoms with E-state index in [1.807, 2.05) is 54.6 Å². The van der Waals surface area contributed by atoms with Crippen molar-refractivity contribution in [1.29, 1.82) is 0 Å². The molecule has 6 heteroatoms. The molecule has 0 aliphatic heterocycles. The van der Waals surface area contributed by atoms with Crippen LogP contribution in [0, 0.1) is 0 Å². The minimum atomic E-state index is 0.0290. The Kier molecular flexibility index (Phi) is 6.75. The lowest BCUT2D eigenvalue weighted by Crippen LogP contribution is -2.05. The normalized spacial score (nSPS) is 14.1. The summed E-state index contributed by atoms with van der Waals surface area (Å²) in [5.74, 6) is 2.66. The van der Waals surface area contributed by atoms with E-state index in [9.17, 15) is 0 Å². The highest BCUT2D eigenvalue weighted by molar-refractivity contribution is 6.13. The van der Waals surface area contributed by atoms with Crippen LogP contribution in [0.5, 0.6) is 0 Å². The number of allylic oxidation sites excluding steroid dienone is 1. The number of benzene rings is 8. The van der Waals surface area contributed by atoms with Crippen LogP contribution in [0.25, 0.3) is 117 Å². The quantitative estimate of drug-likeness (QED) is 0.166. The molecule has 0 fully saturated rings. The summed E-state index contributed by atoms with van der Waals surface area (Å²) in [6.07, 6.45) is 5.12. The molecule has 1 atom stereocenters. The Hall–Kier alpha value is -7.83. The van der Waals surface area contributed by atoms with Crippen LogP contribution in [-0.2, 0) is 0 Å². The maximum atomic E-state index is 6.68. The second-order valence-electron chi connectivity index (χ2n) is 15.4. The molecule has 0 radical (unpaired) electrons. The largest absolute Gasteiger partial charge is 0.456 e. The van der Waals surface area contributed by atoms with Gasteiger partial charge in [-0.2, -0.15) is 0 Å². The first-order valence-corrected chi connectivity index (χ1v) is 19.9. The lowest BCUT2D eigenvalue weighted by Gasteiger charge is -2.20. The van der Waals surface area contributed by atoms with Gasteiger partial charge in [-0.25, -0.2) is 15.0 Å². The molecule has 0 amide bonds. The third-order valence-electron chi connectivity index (χ3n) is 12.1. The Morgan fingerprint density at radius 2 is 1.00 bits per heavy atom. The topological polar surface area (TPSA) is 78.1 Å². The molecule has 12 aromatic rings. The summed E-state index contributed by atoms with van der Waals surface area (Å²) in [6.45, 7) is 0. The van der Waals surface area contributed by atoms with Crippen molar-refractivity contribution in [2.45, 2.75) is 12.3 Å². The van der Waals surface area contributed by atoms with Gasteiger partial charge in [0.2, 0.25) is 0 Å². The molecule has 13 rings (SSSR count). The zero-order chi connectivity index (χ0) is 38.6. The predicted octanol–water partition coefficient (Wildman–Crippen LogP) is 14.3. The fourth-order valence-electron chi connectivity index (χ4n) is 9.31. The lowest BCUT2D eigenvalue weighted by molar-refractivity contribution is 0.589. The maximum absolute atomic E-state index is 6.68. The number of nitrogens with zero attached hydrogens (tertiary/aromatic N) is 3. The van der Waals surface area contributed by atoms with Gasteiger partial charge in [0.15, 0.2) is 17.5 Å². The summed E-state index contributed by atoms with van der Waals surface area (Å²) in [5.41, 5.74) is 9.10. The van der Waals surface area contributed by atoms with Gasteiger partial charge in [-0.15, -0.1) is 0 Å². The number of furan rings is 3. The van der Waals surface area contributed by atoms with Crippen LogP contribution in [0.4, 0.5) is 0 Å². The Bertz CT molecular complexity index is 3740. The molecule has 6 nitrogen and oxygen atoms in total. The van der Waals surface area contributed by atoms with Gasteiger partial charge < -0.3 is 13.3 Å².